The first-order valence-electron chi connectivity index (χ1n) is 8.82. The van der Waals surface area contributed by atoms with Gasteiger partial charge in [-0.3, -0.25) is 0 Å². The predicted molar refractivity (Wildman–Crippen MR) is 100 cm³/mol. The summed E-state index contributed by atoms with van der Waals surface area (Å²) in [4.78, 5) is 0. The van der Waals surface area contributed by atoms with Gasteiger partial charge in [0.1, 0.15) is 0 Å². The van der Waals surface area contributed by atoms with Crippen LogP contribution in [0.25, 0.3) is 0 Å². The van der Waals surface area contributed by atoms with E-state index in [0.29, 0.717) is 5.92 Å². The third-order valence-corrected chi connectivity index (χ3v) is 5.37. The maximum atomic E-state index is 6.23. The number of rotatable bonds is 5. The molecule has 1 heterocycles. The molecule has 1 atom stereocenters. The molecule has 0 aromatic heterocycles. The minimum atomic E-state index is -0.272. The second-order valence-electron chi connectivity index (χ2n) is 7.72. The van der Waals surface area contributed by atoms with Gasteiger partial charge in [-0.2, -0.15) is 0 Å². The quantitative estimate of drug-likeness (QED) is 0.713. The van der Waals surface area contributed by atoms with Crippen molar-refractivity contribution in [3.63, 3.8) is 0 Å². The highest BCUT2D eigenvalue weighted by atomic mass is 16.7. The van der Waals surface area contributed by atoms with E-state index in [9.17, 15) is 0 Å². The molecule has 0 N–H and O–H groups in total. The van der Waals surface area contributed by atoms with Crippen molar-refractivity contribution < 1.29 is 9.31 Å². The molecule has 3 rings (SSSR count). The smallest absolute Gasteiger partial charge is 0.403 e. The zero-order chi connectivity index (χ0) is 17.2. The zero-order valence-electron chi connectivity index (χ0n) is 15.2. The Labute approximate surface area is 146 Å². The summed E-state index contributed by atoms with van der Waals surface area (Å²) in [5.41, 5.74) is 2.15. The molecule has 0 bridgehead atoms. The van der Waals surface area contributed by atoms with Crippen molar-refractivity contribution in [2.24, 2.45) is 0 Å². The van der Waals surface area contributed by atoms with E-state index in [-0.39, 0.29) is 18.3 Å². The summed E-state index contributed by atoms with van der Waals surface area (Å²) in [7, 11) is -0.163. The van der Waals surface area contributed by atoms with Crippen LogP contribution in [0.5, 0.6) is 0 Å². The molecular weight excluding hydrogens is 295 g/mol. The molecule has 1 saturated heterocycles. The lowest BCUT2D eigenvalue weighted by Gasteiger charge is -2.32. The van der Waals surface area contributed by atoms with Gasteiger partial charge in [-0.1, -0.05) is 60.7 Å². The lowest BCUT2D eigenvalue weighted by atomic mass is 9.72. The summed E-state index contributed by atoms with van der Waals surface area (Å²) < 4.78 is 12.5. The molecule has 0 amide bonds. The van der Waals surface area contributed by atoms with Crippen LogP contribution in [0.2, 0.25) is 6.32 Å². The fourth-order valence-corrected chi connectivity index (χ4v) is 3.25. The van der Waals surface area contributed by atoms with Crippen LogP contribution < -0.4 is 0 Å². The van der Waals surface area contributed by atoms with Gasteiger partial charge in [-0.25, -0.2) is 0 Å². The standard InChI is InChI=1S/C21H27BO2/c1-20(2)21(3,4)24-22(23-20)16-19(18-13-9-6-10-14-18)15-17-11-7-5-8-12-17/h5-14,19H,15-16H2,1-4H3. The van der Waals surface area contributed by atoms with Crippen LogP contribution in [-0.2, 0) is 15.7 Å². The summed E-state index contributed by atoms with van der Waals surface area (Å²) in [5.74, 6) is 0.378. The summed E-state index contributed by atoms with van der Waals surface area (Å²) in [6, 6.07) is 21.4. The highest BCUT2D eigenvalue weighted by Crippen LogP contribution is 2.40. The van der Waals surface area contributed by atoms with Crippen molar-refractivity contribution in [3.8, 4) is 0 Å². The van der Waals surface area contributed by atoms with Crippen molar-refractivity contribution in [2.45, 2.75) is 57.6 Å². The molecule has 24 heavy (non-hydrogen) atoms. The maximum Gasteiger partial charge on any atom is 0.458 e. The van der Waals surface area contributed by atoms with E-state index in [1.807, 2.05) is 0 Å². The summed E-state index contributed by atoms with van der Waals surface area (Å²) in [6.07, 6.45) is 1.86. The fourth-order valence-electron chi connectivity index (χ4n) is 3.25. The molecule has 1 aliphatic rings. The third kappa shape index (κ3) is 3.74. The lowest BCUT2D eigenvalue weighted by Crippen LogP contribution is -2.41. The fraction of sp³-hybridized carbons (Fsp3) is 0.429. The zero-order valence-corrected chi connectivity index (χ0v) is 15.2. The van der Waals surface area contributed by atoms with Crippen LogP contribution in [0.15, 0.2) is 60.7 Å². The van der Waals surface area contributed by atoms with Crippen LogP contribution in [0.1, 0.15) is 44.7 Å². The van der Waals surface area contributed by atoms with Gasteiger partial charge in [0.25, 0.3) is 0 Å². The molecule has 2 aromatic rings. The lowest BCUT2D eigenvalue weighted by molar-refractivity contribution is 0.00578. The van der Waals surface area contributed by atoms with E-state index >= 15 is 0 Å². The maximum absolute atomic E-state index is 6.23. The molecule has 2 nitrogen and oxygen atoms in total. The van der Waals surface area contributed by atoms with Gasteiger partial charge in [0.2, 0.25) is 0 Å². The Morgan fingerprint density at radius 3 is 1.83 bits per heavy atom. The van der Waals surface area contributed by atoms with Gasteiger partial charge in [-0.15, -0.1) is 0 Å². The first-order valence-corrected chi connectivity index (χ1v) is 8.82. The second kappa shape index (κ2) is 6.74. The van der Waals surface area contributed by atoms with Crippen LogP contribution in [-0.4, -0.2) is 18.3 Å². The van der Waals surface area contributed by atoms with Crippen molar-refractivity contribution in [1.82, 2.24) is 0 Å². The van der Waals surface area contributed by atoms with Gasteiger partial charge in [0, 0.05) is 0 Å². The summed E-state index contributed by atoms with van der Waals surface area (Å²) in [5, 5.41) is 0. The average Bonchev–Trinajstić information content (AvgIpc) is 2.75. The first kappa shape index (κ1) is 17.3. The summed E-state index contributed by atoms with van der Waals surface area (Å²) in [6.45, 7) is 8.45. The number of benzene rings is 2. The Bertz CT molecular complexity index is 636. The largest absolute Gasteiger partial charge is 0.458 e. The van der Waals surface area contributed by atoms with E-state index in [4.69, 9.17) is 9.31 Å². The molecule has 0 radical (unpaired) electrons. The van der Waals surface area contributed by atoms with Gasteiger partial charge in [0.15, 0.2) is 0 Å². The van der Waals surface area contributed by atoms with Crippen LogP contribution in [0, 0.1) is 0 Å². The van der Waals surface area contributed by atoms with Gasteiger partial charge in [-0.05, 0) is 57.5 Å². The van der Waals surface area contributed by atoms with Crippen LogP contribution in [0.4, 0.5) is 0 Å². The highest BCUT2D eigenvalue weighted by molar-refractivity contribution is 6.45. The molecule has 126 valence electrons. The normalized spacial score (nSPS) is 20.1. The van der Waals surface area contributed by atoms with E-state index in [1.54, 1.807) is 0 Å². The Balaban J connectivity index is 1.79. The Hall–Kier alpha value is -1.58. The predicted octanol–water partition coefficient (Wildman–Crippen LogP) is 5.11. The van der Waals surface area contributed by atoms with Crippen molar-refractivity contribution in [3.05, 3.63) is 71.8 Å². The Morgan fingerprint density at radius 2 is 1.29 bits per heavy atom. The number of hydrogen-bond acceptors (Lipinski definition) is 2. The van der Waals surface area contributed by atoms with Crippen LogP contribution >= 0.6 is 0 Å². The molecule has 3 heteroatoms. The SMILES string of the molecule is CC1(C)OB(CC(Cc2ccccc2)c2ccccc2)OC1(C)C. The molecule has 1 unspecified atom stereocenters. The van der Waals surface area contributed by atoms with Crippen LogP contribution in [0.3, 0.4) is 0 Å². The van der Waals surface area contributed by atoms with Crippen molar-refractivity contribution in [1.29, 1.82) is 0 Å². The van der Waals surface area contributed by atoms with Gasteiger partial charge in [0.05, 0.1) is 11.2 Å². The first-order chi connectivity index (χ1) is 11.4. The monoisotopic (exact) mass is 322 g/mol. The minimum absolute atomic E-state index is 0.163. The van der Waals surface area contributed by atoms with E-state index in [1.165, 1.54) is 11.1 Å². The second-order valence-corrected chi connectivity index (χ2v) is 7.72. The molecule has 2 aromatic carbocycles. The Kier molecular flexibility index (Phi) is 4.84. The van der Waals surface area contributed by atoms with E-state index < -0.39 is 0 Å². The summed E-state index contributed by atoms with van der Waals surface area (Å²) >= 11 is 0. The molecule has 0 spiro atoms. The van der Waals surface area contributed by atoms with E-state index in [2.05, 4.69) is 88.4 Å². The van der Waals surface area contributed by atoms with Crippen molar-refractivity contribution in [2.75, 3.05) is 0 Å². The van der Waals surface area contributed by atoms with Gasteiger partial charge < -0.3 is 9.31 Å². The molecular formula is C21H27BO2. The average molecular weight is 322 g/mol. The third-order valence-electron chi connectivity index (χ3n) is 5.37. The topological polar surface area (TPSA) is 18.5 Å². The molecule has 1 aliphatic heterocycles. The number of hydrogen-bond donors (Lipinski definition) is 0. The highest BCUT2D eigenvalue weighted by Gasteiger charge is 2.51. The molecule has 1 fully saturated rings. The molecule has 0 aliphatic carbocycles. The van der Waals surface area contributed by atoms with Gasteiger partial charge >= 0.3 is 7.12 Å². The molecule has 0 saturated carbocycles. The van der Waals surface area contributed by atoms with Crippen molar-refractivity contribution >= 4 is 7.12 Å². The van der Waals surface area contributed by atoms with E-state index in [0.717, 1.165) is 12.7 Å². The minimum Gasteiger partial charge on any atom is -0.403 e. The Morgan fingerprint density at radius 1 is 0.792 bits per heavy atom.